The number of carbonyl (C=O) groups excluding carboxylic acids is 1. The molecule has 0 saturated heterocycles. The first-order valence-corrected chi connectivity index (χ1v) is 6.85. The summed E-state index contributed by atoms with van der Waals surface area (Å²) in [6.45, 7) is 0. The molecule has 9 nitrogen and oxygen atoms in total. The van der Waals surface area contributed by atoms with Crippen LogP contribution in [-0.2, 0) is 4.79 Å². The van der Waals surface area contributed by atoms with E-state index in [-0.39, 0.29) is 29.4 Å². The Morgan fingerprint density at radius 1 is 0.958 bits per heavy atom. The van der Waals surface area contributed by atoms with Gasteiger partial charge in [0.15, 0.2) is 0 Å². The predicted octanol–water partition coefficient (Wildman–Crippen LogP) is 2.97. The van der Waals surface area contributed by atoms with Gasteiger partial charge in [-0.3, -0.25) is 25.0 Å². The van der Waals surface area contributed by atoms with E-state index in [4.69, 9.17) is 0 Å². The fourth-order valence-corrected chi connectivity index (χ4v) is 2.31. The van der Waals surface area contributed by atoms with Gasteiger partial charge in [-0.05, 0) is 23.8 Å². The number of non-ortho nitro benzene ring substituents is 2. The number of nitro benzene ring substituents is 2. The van der Waals surface area contributed by atoms with Crippen LogP contribution in [0.4, 0.5) is 22.7 Å². The topological polar surface area (TPSA) is 128 Å². The van der Waals surface area contributed by atoms with E-state index in [0.29, 0.717) is 17.0 Å². The van der Waals surface area contributed by atoms with E-state index in [1.807, 2.05) is 0 Å². The maximum Gasteiger partial charge on any atom is 0.271 e. The van der Waals surface area contributed by atoms with Crippen LogP contribution in [0, 0.1) is 20.2 Å². The van der Waals surface area contributed by atoms with Crippen LogP contribution in [0.1, 0.15) is 12.0 Å². The van der Waals surface area contributed by atoms with Crippen LogP contribution in [0.2, 0.25) is 0 Å². The summed E-state index contributed by atoms with van der Waals surface area (Å²) in [6.07, 6.45) is -0.0414. The van der Waals surface area contributed by atoms with Gasteiger partial charge < -0.3 is 5.32 Å². The molecular formula is C15H10N4O5. The number of hydrogen-bond acceptors (Lipinski definition) is 6. The van der Waals surface area contributed by atoms with E-state index < -0.39 is 9.85 Å². The molecule has 0 aliphatic carbocycles. The highest BCUT2D eigenvalue weighted by Crippen LogP contribution is 2.32. The van der Waals surface area contributed by atoms with Crippen LogP contribution in [0.15, 0.2) is 47.5 Å². The SMILES string of the molecule is O=C1CC(c2ccc([N+](=O)[O-])cc2)=Nc2cc([N+](=O)[O-])ccc2N1. The van der Waals surface area contributed by atoms with Gasteiger partial charge in [-0.15, -0.1) is 0 Å². The van der Waals surface area contributed by atoms with Gasteiger partial charge in [0.1, 0.15) is 0 Å². The van der Waals surface area contributed by atoms with Gasteiger partial charge >= 0.3 is 0 Å². The molecule has 1 heterocycles. The van der Waals surface area contributed by atoms with Gasteiger partial charge in [-0.1, -0.05) is 0 Å². The molecule has 0 spiro atoms. The third kappa shape index (κ3) is 2.95. The summed E-state index contributed by atoms with van der Waals surface area (Å²) in [5.41, 5.74) is 1.34. The standard InChI is InChI=1S/C15H10N4O5/c20-15-8-13(9-1-3-10(4-2-9)18(21)22)16-14-7-11(19(23)24)5-6-12(14)17-15/h1-7H,8H2,(H,17,20). The number of anilines is 1. The van der Waals surface area contributed by atoms with Crippen molar-refractivity contribution in [2.45, 2.75) is 6.42 Å². The number of rotatable bonds is 3. The summed E-state index contributed by atoms with van der Waals surface area (Å²) in [6, 6.07) is 9.59. The van der Waals surface area contributed by atoms with Crippen LogP contribution in [-0.4, -0.2) is 21.5 Å². The first kappa shape index (κ1) is 15.3. The van der Waals surface area contributed by atoms with Crippen molar-refractivity contribution in [3.8, 4) is 0 Å². The van der Waals surface area contributed by atoms with Crippen LogP contribution >= 0.6 is 0 Å². The lowest BCUT2D eigenvalue weighted by molar-refractivity contribution is -0.385. The fourth-order valence-electron chi connectivity index (χ4n) is 2.31. The minimum Gasteiger partial charge on any atom is -0.324 e. The minimum absolute atomic E-state index is 0.0414. The Hall–Kier alpha value is -3.62. The maximum absolute atomic E-state index is 12.0. The zero-order chi connectivity index (χ0) is 17.3. The maximum atomic E-state index is 12.0. The molecule has 1 amide bonds. The van der Waals surface area contributed by atoms with E-state index in [9.17, 15) is 25.0 Å². The molecule has 24 heavy (non-hydrogen) atoms. The van der Waals surface area contributed by atoms with Gasteiger partial charge in [0.2, 0.25) is 5.91 Å². The number of nitrogens with zero attached hydrogens (tertiary/aromatic N) is 3. The Morgan fingerprint density at radius 3 is 2.21 bits per heavy atom. The van der Waals surface area contributed by atoms with E-state index in [2.05, 4.69) is 10.3 Å². The molecule has 1 N–H and O–H groups in total. The molecule has 3 rings (SSSR count). The Bertz CT molecular complexity index is 889. The minimum atomic E-state index is -0.548. The molecule has 2 aromatic rings. The van der Waals surface area contributed by atoms with Crippen LogP contribution in [0.3, 0.4) is 0 Å². The number of fused-ring (bicyclic) bond motifs is 1. The third-order valence-electron chi connectivity index (χ3n) is 3.46. The summed E-state index contributed by atoms with van der Waals surface area (Å²) >= 11 is 0. The average molecular weight is 326 g/mol. The largest absolute Gasteiger partial charge is 0.324 e. The monoisotopic (exact) mass is 326 g/mol. The van der Waals surface area contributed by atoms with E-state index in [1.165, 1.54) is 42.5 Å². The molecule has 9 heteroatoms. The number of hydrogen-bond donors (Lipinski definition) is 1. The van der Waals surface area contributed by atoms with Gasteiger partial charge in [-0.25, -0.2) is 4.99 Å². The van der Waals surface area contributed by atoms with E-state index in [1.54, 1.807) is 0 Å². The Morgan fingerprint density at radius 2 is 1.58 bits per heavy atom. The molecule has 0 saturated carbocycles. The van der Waals surface area contributed by atoms with E-state index in [0.717, 1.165) is 0 Å². The number of carbonyl (C=O) groups is 1. The van der Waals surface area contributed by atoms with Crippen LogP contribution in [0.5, 0.6) is 0 Å². The summed E-state index contributed by atoms with van der Waals surface area (Å²) < 4.78 is 0. The number of benzene rings is 2. The number of aliphatic imine (C=N–C) groups is 1. The number of nitro groups is 2. The van der Waals surface area contributed by atoms with Crippen LogP contribution in [0.25, 0.3) is 0 Å². The second kappa shape index (κ2) is 5.88. The third-order valence-corrected chi connectivity index (χ3v) is 3.46. The van der Waals surface area contributed by atoms with Crippen molar-refractivity contribution in [1.29, 1.82) is 0 Å². The summed E-state index contributed by atoms with van der Waals surface area (Å²) in [5, 5.41) is 24.2. The number of amides is 1. The molecule has 0 aromatic heterocycles. The summed E-state index contributed by atoms with van der Waals surface area (Å²) in [4.78, 5) is 36.9. The molecule has 1 aliphatic rings. The molecule has 0 unspecified atom stereocenters. The quantitative estimate of drug-likeness (QED) is 0.685. The summed E-state index contributed by atoms with van der Waals surface area (Å²) in [7, 11) is 0. The van der Waals surface area contributed by atoms with Crippen molar-refractivity contribution in [2.24, 2.45) is 4.99 Å². The molecule has 1 aliphatic heterocycles. The van der Waals surface area contributed by atoms with Gasteiger partial charge in [0.25, 0.3) is 11.4 Å². The van der Waals surface area contributed by atoms with Crippen molar-refractivity contribution in [2.75, 3.05) is 5.32 Å². The normalized spacial score (nSPS) is 13.3. The molecule has 0 atom stereocenters. The zero-order valence-corrected chi connectivity index (χ0v) is 12.1. The van der Waals surface area contributed by atoms with Gasteiger partial charge in [0.05, 0.1) is 33.4 Å². The lowest BCUT2D eigenvalue weighted by atomic mass is 10.1. The Labute approximate surface area is 134 Å². The van der Waals surface area contributed by atoms with Crippen LogP contribution < -0.4 is 5.32 Å². The highest BCUT2D eigenvalue weighted by Gasteiger charge is 2.20. The Kier molecular flexibility index (Phi) is 3.74. The molecule has 0 fully saturated rings. The smallest absolute Gasteiger partial charge is 0.271 e. The van der Waals surface area contributed by atoms with Crippen molar-refractivity contribution >= 4 is 34.4 Å². The molecule has 120 valence electrons. The highest BCUT2D eigenvalue weighted by atomic mass is 16.6. The first-order chi connectivity index (χ1) is 11.4. The molecule has 0 bridgehead atoms. The van der Waals surface area contributed by atoms with Gasteiger partial charge in [0, 0.05) is 24.3 Å². The lowest BCUT2D eigenvalue weighted by Crippen LogP contribution is -2.14. The van der Waals surface area contributed by atoms with Gasteiger partial charge in [-0.2, -0.15) is 0 Å². The molecule has 0 radical (unpaired) electrons. The van der Waals surface area contributed by atoms with Crippen molar-refractivity contribution in [3.63, 3.8) is 0 Å². The molecular weight excluding hydrogens is 316 g/mol. The van der Waals surface area contributed by atoms with Crippen molar-refractivity contribution in [1.82, 2.24) is 0 Å². The average Bonchev–Trinajstić information content (AvgIpc) is 2.72. The number of nitrogens with one attached hydrogen (secondary N) is 1. The second-order valence-electron chi connectivity index (χ2n) is 5.05. The molecule has 2 aromatic carbocycles. The predicted molar refractivity (Wildman–Crippen MR) is 85.6 cm³/mol. The fraction of sp³-hybridized carbons (Fsp3) is 0.0667. The summed E-state index contributed by atoms with van der Waals surface area (Å²) in [5.74, 6) is -0.320. The second-order valence-corrected chi connectivity index (χ2v) is 5.05. The zero-order valence-electron chi connectivity index (χ0n) is 12.1. The van der Waals surface area contributed by atoms with Crippen molar-refractivity contribution in [3.05, 3.63) is 68.3 Å². The Balaban J connectivity index is 2.06. The first-order valence-electron chi connectivity index (χ1n) is 6.85. The van der Waals surface area contributed by atoms with Crippen molar-refractivity contribution < 1.29 is 14.6 Å². The highest BCUT2D eigenvalue weighted by molar-refractivity contribution is 6.17. The lowest BCUT2D eigenvalue weighted by Gasteiger charge is -2.03. The van der Waals surface area contributed by atoms with E-state index >= 15 is 0 Å².